The summed E-state index contributed by atoms with van der Waals surface area (Å²) in [7, 11) is 0. The Kier molecular flexibility index (Phi) is 2.75. The number of piperidine rings is 3. The van der Waals surface area contributed by atoms with E-state index in [-0.39, 0.29) is 24.6 Å². The van der Waals surface area contributed by atoms with Crippen LogP contribution in [0.15, 0.2) is 0 Å². The van der Waals surface area contributed by atoms with Crippen LogP contribution in [0.1, 0.15) is 12.8 Å². The lowest BCUT2D eigenvalue weighted by Gasteiger charge is -2.47. The van der Waals surface area contributed by atoms with E-state index in [0.717, 1.165) is 0 Å². The highest BCUT2D eigenvalue weighted by Crippen LogP contribution is 2.28. The number of fused-ring (bicyclic) bond motifs is 3. The predicted octanol–water partition coefficient (Wildman–Crippen LogP) is -0.254. The van der Waals surface area contributed by atoms with E-state index in [0.29, 0.717) is 5.92 Å². The van der Waals surface area contributed by atoms with Gasteiger partial charge >= 0.3 is 0 Å². The van der Waals surface area contributed by atoms with Crippen LogP contribution in [0.2, 0.25) is 0 Å². The number of rotatable bonds is 0. The molecule has 2 atom stereocenters. The van der Waals surface area contributed by atoms with Crippen LogP contribution >= 0.6 is 12.4 Å². The molecule has 0 aromatic heterocycles. The van der Waals surface area contributed by atoms with Gasteiger partial charge in [0, 0.05) is 6.04 Å². The van der Waals surface area contributed by atoms with E-state index in [4.69, 9.17) is 11.5 Å². The molecule has 0 radical (unpaired) electrons. The Labute approximate surface area is 73.5 Å². The molecule has 1 unspecified atom stereocenters. The number of nitrogens with two attached hydrogens (primary N) is 2. The van der Waals surface area contributed by atoms with Gasteiger partial charge in [-0.2, -0.15) is 0 Å². The Balaban J connectivity index is 0.000000605. The molecule has 3 aliphatic rings. The smallest absolute Gasteiger partial charge is 0.0730 e. The lowest BCUT2D eigenvalue weighted by Crippen LogP contribution is -2.64. The molecule has 0 amide bonds. The minimum atomic E-state index is 0. The maximum absolute atomic E-state index is 5.90. The molecule has 0 saturated carbocycles. The van der Waals surface area contributed by atoms with Crippen LogP contribution in [0.25, 0.3) is 0 Å². The van der Waals surface area contributed by atoms with Gasteiger partial charge in [0.2, 0.25) is 0 Å². The van der Waals surface area contributed by atoms with Crippen molar-refractivity contribution < 1.29 is 0 Å². The number of nitrogens with zero attached hydrogens (tertiary/aromatic N) is 1. The van der Waals surface area contributed by atoms with Gasteiger partial charge in [-0.25, -0.2) is 0 Å². The Morgan fingerprint density at radius 2 is 1.64 bits per heavy atom. The fourth-order valence-corrected chi connectivity index (χ4v) is 2.12. The Morgan fingerprint density at radius 1 is 1.09 bits per heavy atom. The highest BCUT2D eigenvalue weighted by Gasteiger charge is 2.37. The first-order valence-electron chi connectivity index (χ1n) is 4.04. The second-order valence-electron chi connectivity index (χ2n) is 3.44. The highest BCUT2D eigenvalue weighted by molar-refractivity contribution is 5.85. The van der Waals surface area contributed by atoms with Gasteiger partial charge in [-0.15, -0.1) is 12.4 Å². The van der Waals surface area contributed by atoms with Crippen molar-refractivity contribution >= 4 is 12.4 Å². The maximum atomic E-state index is 5.90. The predicted molar refractivity (Wildman–Crippen MR) is 47.5 cm³/mol. The quantitative estimate of drug-likeness (QED) is 0.537. The van der Waals surface area contributed by atoms with Crippen molar-refractivity contribution in [2.75, 3.05) is 13.1 Å². The van der Waals surface area contributed by atoms with Gasteiger partial charge in [0.15, 0.2) is 0 Å². The van der Waals surface area contributed by atoms with Crippen LogP contribution in [0.4, 0.5) is 0 Å². The summed E-state index contributed by atoms with van der Waals surface area (Å²) < 4.78 is 0. The normalized spacial score (nSPS) is 48.5. The molecule has 3 saturated heterocycles. The summed E-state index contributed by atoms with van der Waals surface area (Å²) in [6.45, 7) is 2.33. The first kappa shape index (κ1) is 9.26. The van der Waals surface area contributed by atoms with Crippen LogP contribution in [0, 0.1) is 5.92 Å². The van der Waals surface area contributed by atoms with Crippen molar-refractivity contribution in [3.63, 3.8) is 0 Å². The summed E-state index contributed by atoms with van der Waals surface area (Å²) in [6.07, 6.45) is 2.66. The third kappa shape index (κ3) is 1.38. The van der Waals surface area contributed by atoms with Gasteiger partial charge in [0.05, 0.1) is 6.17 Å². The minimum Gasteiger partial charge on any atom is -0.325 e. The van der Waals surface area contributed by atoms with Crippen molar-refractivity contribution in [2.45, 2.75) is 25.0 Å². The van der Waals surface area contributed by atoms with Gasteiger partial charge in [0.25, 0.3) is 0 Å². The third-order valence-corrected chi connectivity index (χ3v) is 2.93. The lowest BCUT2D eigenvalue weighted by atomic mass is 9.82. The van der Waals surface area contributed by atoms with E-state index in [9.17, 15) is 0 Å². The molecule has 3 rings (SSSR count). The summed E-state index contributed by atoms with van der Waals surface area (Å²) in [5, 5.41) is 0. The zero-order valence-corrected chi connectivity index (χ0v) is 7.39. The second kappa shape index (κ2) is 3.27. The summed E-state index contributed by atoms with van der Waals surface area (Å²) in [4.78, 5) is 2.30. The van der Waals surface area contributed by atoms with Crippen LogP contribution in [0.5, 0.6) is 0 Å². The maximum Gasteiger partial charge on any atom is 0.0730 e. The Morgan fingerprint density at radius 3 is 1.91 bits per heavy atom. The van der Waals surface area contributed by atoms with Crippen LogP contribution in [-0.2, 0) is 0 Å². The first-order valence-corrected chi connectivity index (χ1v) is 4.04. The third-order valence-electron chi connectivity index (χ3n) is 2.93. The van der Waals surface area contributed by atoms with Crippen molar-refractivity contribution in [1.29, 1.82) is 0 Å². The van der Waals surface area contributed by atoms with E-state index >= 15 is 0 Å². The zero-order valence-electron chi connectivity index (χ0n) is 6.57. The average Bonchev–Trinajstić information content (AvgIpc) is 2.00. The van der Waals surface area contributed by atoms with E-state index < -0.39 is 0 Å². The van der Waals surface area contributed by atoms with E-state index in [1.807, 2.05) is 0 Å². The number of halogens is 1. The van der Waals surface area contributed by atoms with Gasteiger partial charge in [0.1, 0.15) is 0 Å². The van der Waals surface area contributed by atoms with Crippen LogP contribution in [-0.4, -0.2) is 30.2 Å². The number of hydrogen-bond acceptors (Lipinski definition) is 3. The summed E-state index contributed by atoms with van der Waals surface area (Å²) in [5.41, 5.74) is 11.8. The molecule has 0 spiro atoms. The SMILES string of the molecule is Cl.NC1C2CCN(CC2)[C@H]1N. The fourth-order valence-electron chi connectivity index (χ4n) is 2.12. The minimum absolute atomic E-state index is 0. The average molecular weight is 178 g/mol. The molecule has 3 nitrogen and oxygen atoms in total. The number of hydrogen-bond donors (Lipinski definition) is 2. The van der Waals surface area contributed by atoms with Crippen molar-refractivity contribution in [1.82, 2.24) is 4.90 Å². The van der Waals surface area contributed by atoms with E-state index in [1.54, 1.807) is 0 Å². The van der Waals surface area contributed by atoms with Gasteiger partial charge in [-0.1, -0.05) is 0 Å². The molecule has 11 heavy (non-hydrogen) atoms. The molecular formula is C7H16ClN3. The first-order chi connectivity index (χ1) is 4.79. The topological polar surface area (TPSA) is 55.3 Å². The fraction of sp³-hybridized carbons (Fsp3) is 1.00. The van der Waals surface area contributed by atoms with Gasteiger partial charge in [-0.3, -0.25) is 4.90 Å². The summed E-state index contributed by atoms with van der Waals surface area (Å²) >= 11 is 0. The molecule has 0 aromatic rings. The Hall–Kier alpha value is 0.170. The molecule has 0 aliphatic carbocycles. The molecule has 3 fully saturated rings. The van der Waals surface area contributed by atoms with Crippen LogP contribution < -0.4 is 11.5 Å². The summed E-state index contributed by atoms with van der Waals surface area (Å²) in [6, 6.07) is 0.238. The van der Waals surface area contributed by atoms with Crippen molar-refractivity contribution in [2.24, 2.45) is 17.4 Å². The molecule has 3 heterocycles. The van der Waals surface area contributed by atoms with Gasteiger partial charge in [-0.05, 0) is 31.8 Å². The van der Waals surface area contributed by atoms with E-state index in [1.165, 1.54) is 25.9 Å². The highest BCUT2D eigenvalue weighted by atomic mass is 35.5. The van der Waals surface area contributed by atoms with Crippen LogP contribution in [0.3, 0.4) is 0 Å². The molecular weight excluding hydrogens is 162 g/mol. The molecule has 0 aromatic carbocycles. The van der Waals surface area contributed by atoms with Crippen molar-refractivity contribution in [3.05, 3.63) is 0 Å². The zero-order chi connectivity index (χ0) is 7.14. The molecule has 3 aliphatic heterocycles. The largest absolute Gasteiger partial charge is 0.325 e. The van der Waals surface area contributed by atoms with Gasteiger partial charge < -0.3 is 11.5 Å². The monoisotopic (exact) mass is 177 g/mol. The molecule has 4 heteroatoms. The molecule has 2 bridgehead atoms. The summed E-state index contributed by atoms with van der Waals surface area (Å²) in [5.74, 6) is 0.708. The van der Waals surface area contributed by atoms with E-state index in [2.05, 4.69) is 4.90 Å². The Bertz CT molecular complexity index is 114. The van der Waals surface area contributed by atoms with Crippen molar-refractivity contribution in [3.8, 4) is 0 Å². The second-order valence-corrected chi connectivity index (χ2v) is 3.44. The molecule has 66 valence electrons. The standard InChI is InChI=1S/C7H15N3.ClH/c8-6-5-1-3-10(4-2-5)7(6)9;/h5-7H,1-4,8-9H2;1H/t6?,7-;/m1./s1. The molecule has 4 N–H and O–H groups in total. The lowest BCUT2D eigenvalue weighted by molar-refractivity contribution is 0.0318.